The molecule has 8 amide bonds. The normalized spacial score (nSPS) is 15.7. The van der Waals surface area contributed by atoms with Crippen molar-refractivity contribution < 1.29 is 86.3 Å². The van der Waals surface area contributed by atoms with Crippen molar-refractivity contribution >= 4 is 124 Å². The Morgan fingerprint density at radius 2 is 0.680 bits per heavy atom. The van der Waals surface area contributed by atoms with Crippen LogP contribution in [-0.2, 0) is 41.8 Å². The summed E-state index contributed by atoms with van der Waals surface area (Å²) in [6.45, 7) is 19.4. The number of hydrogen-bond acceptors (Lipinski definition) is 16. The van der Waals surface area contributed by atoms with E-state index in [1.165, 1.54) is 70.8 Å². The van der Waals surface area contributed by atoms with Crippen molar-refractivity contribution in [3.8, 4) is 92.6 Å². The van der Waals surface area contributed by atoms with E-state index in [4.69, 9.17) is 48.4 Å². The number of aromatic nitrogens is 4. The molecule has 0 saturated heterocycles. The number of nitrogens with zero attached hydrogens (tertiary/aromatic N) is 8. The van der Waals surface area contributed by atoms with Gasteiger partial charge in [-0.15, -0.1) is 22.1 Å². The molecule has 0 fully saturated rings. The summed E-state index contributed by atoms with van der Waals surface area (Å²) >= 11 is 0. The maximum Gasteiger partial charge on any atom is 2.00 e. The van der Waals surface area contributed by atoms with E-state index in [2.05, 4.69) is 139 Å². The molecule has 3 aromatic heterocycles. The van der Waals surface area contributed by atoms with Crippen molar-refractivity contribution in [2.75, 3.05) is 79.0 Å². The number of allylic oxidation sites excluding steroid dienone is 4. The van der Waals surface area contributed by atoms with Gasteiger partial charge in [-0.2, -0.15) is 0 Å². The van der Waals surface area contributed by atoms with Gasteiger partial charge in [-0.25, -0.2) is 9.97 Å². The van der Waals surface area contributed by atoms with Crippen molar-refractivity contribution in [2.45, 2.75) is 81.1 Å². The number of benzene rings is 8. The van der Waals surface area contributed by atoms with Crippen LogP contribution in [0.25, 0.3) is 98.9 Å². The Hall–Kier alpha value is -14.3. The summed E-state index contributed by atoms with van der Waals surface area (Å²) < 4.78 is 37.5. The molecule has 8 aromatic carbocycles. The monoisotopic (exact) mass is 1700 g/mol. The van der Waals surface area contributed by atoms with Crippen molar-refractivity contribution in [1.82, 2.24) is 39.5 Å². The third-order valence-electron chi connectivity index (χ3n) is 24.0. The van der Waals surface area contributed by atoms with Gasteiger partial charge in [0.05, 0.1) is 75.4 Å². The molecule has 0 atom stereocenters. The van der Waals surface area contributed by atoms with Crippen LogP contribution in [0.4, 0.5) is 0 Å². The molecule has 0 saturated carbocycles. The number of para-hydroxylation sites is 1. The van der Waals surface area contributed by atoms with Crippen LogP contribution in [0.1, 0.15) is 182 Å². The number of fused-ring (bicyclic) bond motifs is 1. The van der Waals surface area contributed by atoms with Gasteiger partial charge in [0.15, 0.2) is 0 Å². The zero-order valence-corrected chi connectivity index (χ0v) is 73.1. The summed E-state index contributed by atoms with van der Waals surface area (Å²) in [5.74, 6) is 18.6. The number of aryl methyl sites for hydroxylation is 4. The molecule has 23 heterocycles. The minimum atomic E-state index is -0.665. The minimum Gasteiger partial charge on any atom is -0.657 e. The van der Waals surface area contributed by atoms with Gasteiger partial charge < -0.3 is 38.4 Å². The molecule has 0 N–H and O–H groups in total. The fraction of sp³-hybridized carbons (Fsp3) is 0.235. The molecule has 22 nitrogen and oxygen atoms in total. The van der Waals surface area contributed by atoms with Crippen LogP contribution in [0.2, 0.25) is 0 Å². The smallest absolute Gasteiger partial charge is 0.657 e. The number of carbonyl (C=O) groups is 8. The minimum absolute atomic E-state index is 0. The molecular weight excluding hydrogens is 1630 g/mol. The maximum absolute atomic E-state index is 13.5. The van der Waals surface area contributed by atoms with Crippen molar-refractivity contribution in [3.63, 3.8) is 0 Å². The first-order valence-electron chi connectivity index (χ1n) is 41.4. The summed E-state index contributed by atoms with van der Waals surface area (Å²) in [7, 11) is 0. The van der Waals surface area contributed by atoms with Gasteiger partial charge in [-0.3, -0.25) is 58.0 Å². The Balaban J connectivity index is 0.000000184. The van der Waals surface area contributed by atoms with Crippen LogP contribution in [0.3, 0.4) is 0 Å². The summed E-state index contributed by atoms with van der Waals surface area (Å²) in [5.41, 5.74) is 21.4. The molecular formula is C102H80N8O14Zn. The van der Waals surface area contributed by atoms with E-state index >= 15 is 0 Å². The number of hydrogen-bond donors (Lipinski definition) is 0. The second-order valence-corrected chi connectivity index (χ2v) is 30.6. The fourth-order valence-corrected chi connectivity index (χ4v) is 17.9. The van der Waals surface area contributed by atoms with Crippen LogP contribution >= 0.6 is 0 Å². The number of amides is 8. The molecule has 32 bridgehead atoms. The SMILES string of the molecule is CCC1=C(C)c2nc1cc1[n-]c(c(C)c1CC)c1c3nc(cc4[n-]c(c(C)c4CC)c2-c2ccc(cc2)OCCOCCOc2cccc4c(cccc24)OCCOCCOc2ccccc2-1)C(CC)=C3C.O=C1c2ccc3c4c5ccc(c24)C(=O)N1CC#CC#CCN1C(=O)c2ccc4c6c(ccc(c26)C1=O)C(=O)N(CC#CC#CCN(C3=O)C5=O)C4=O.[Zn+2]. The van der Waals surface area contributed by atoms with E-state index in [0.717, 1.165) is 168 Å². The van der Waals surface area contributed by atoms with E-state index in [-0.39, 0.29) is 112 Å². The molecule has 31 rings (SSSR count). The van der Waals surface area contributed by atoms with Crippen LogP contribution in [0.5, 0.6) is 23.0 Å². The number of rotatable bonds is 4. The zero-order chi connectivity index (χ0) is 85.9. The van der Waals surface area contributed by atoms with E-state index in [1.54, 1.807) is 0 Å². The van der Waals surface area contributed by atoms with Crippen molar-refractivity contribution in [1.29, 1.82) is 0 Å². The third-order valence-corrected chi connectivity index (χ3v) is 24.0. The summed E-state index contributed by atoms with van der Waals surface area (Å²) in [6, 6.07) is 44.4. The molecule has 0 spiro atoms. The van der Waals surface area contributed by atoms with Gasteiger partial charge in [-0.05, 0) is 195 Å². The van der Waals surface area contributed by atoms with Gasteiger partial charge in [0.1, 0.15) is 49.4 Å². The quantitative estimate of drug-likeness (QED) is 0.0901. The predicted octanol–water partition coefficient (Wildman–Crippen LogP) is 15.8. The molecule has 125 heavy (non-hydrogen) atoms. The Bertz CT molecular complexity index is 6590. The van der Waals surface area contributed by atoms with Gasteiger partial charge in [-0.1, -0.05) is 140 Å². The summed E-state index contributed by atoms with van der Waals surface area (Å²) in [6.07, 6.45) is 3.21. The first-order valence-corrected chi connectivity index (χ1v) is 41.4. The van der Waals surface area contributed by atoms with Crippen molar-refractivity contribution in [3.05, 3.63) is 235 Å². The Morgan fingerprint density at radius 1 is 0.352 bits per heavy atom. The molecule has 0 aliphatic carbocycles. The maximum atomic E-state index is 13.5. The number of ether oxygens (including phenoxy) is 6. The van der Waals surface area contributed by atoms with E-state index in [1.807, 2.05) is 60.7 Å². The average Bonchev–Trinajstić information content (AvgIpc) is 1.58. The first kappa shape index (κ1) is 83.0. The Morgan fingerprint density at radius 3 is 1.04 bits per heavy atom. The van der Waals surface area contributed by atoms with Gasteiger partial charge in [0.25, 0.3) is 47.3 Å². The van der Waals surface area contributed by atoms with E-state index in [9.17, 15) is 38.4 Å². The molecule has 11 aromatic rings. The molecule has 20 aliphatic rings. The first-order chi connectivity index (χ1) is 60.4. The predicted molar refractivity (Wildman–Crippen MR) is 472 cm³/mol. The standard InChI is InChI=1S/C62H64N4O6.C40H16N4O8.Zn/c1-9-43-37(5)59-57-41-23-25-42(26-24-41)69-31-27-67-28-32-70-54-21-15-19-48-47(54)18-16-22-55(48)71-33-29-68-30-34-72-56-20-14-13-17-49(56)58(61-39(7)45(11-3)52(65-61)35-50(43)63-59)62-40(8)46(12-4)53(66-62)36-51-44(10-2)38(6)60(57)64-51;45-33-21-9-11-25-31-26-12-10-22(29(21)31)34(46)41(33)17-5-1-2-6-18-42-35(47)23-13-15-27-32-28(16-14-24(30(23)32)36(42)48)40(52)44(39(27)51)20-8-4-3-7-19-43(37(25)49)38(26)50;/h13-26,35-36H,9-12,27-34H2,1-8H3;9-16H,17-20H2;/q-2;;+2. The van der Waals surface area contributed by atoms with Gasteiger partial charge >= 0.3 is 19.5 Å². The number of imide groups is 4. The number of carbonyl (C=O) groups excluding carboxylic acids is 8. The van der Waals surface area contributed by atoms with Crippen LogP contribution < -0.4 is 28.9 Å². The Labute approximate surface area is 733 Å². The molecule has 20 aliphatic heterocycles. The third kappa shape index (κ3) is 14.4. The molecule has 0 unspecified atom stereocenters. The fourth-order valence-electron chi connectivity index (χ4n) is 17.9. The van der Waals surface area contributed by atoms with Crippen molar-refractivity contribution in [2.24, 2.45) is 0 Å². The molecule has 23 heteroatoms. The van der Waals surface area contributed by atoms with Crippen LogP contribution in [-0.4, -0.2) is 156 Å². The van der Waals surface area contributed by atoms with Gasteiger partial charge in [0.2, 0.25) is 0 Å². The van der Waals surface area contributed by atoms with Crippen LogP contribution in [0.15, 0.2) is 146 Å². The summed E-state index contributed by atoms with van der Waals surface area (Å²) in [5, 5.41) is 2.73. The Kier molecular flexibility index (Phi) is 22.9. The van der Waals surface area contributed by atoms with E-state index in [0.29, 0.717) is 52.9 Å². The van der Waals surface area contributed by atoms with E-state index < -0.39 is 47.3 Å². The zero-order valence-electron chi connectivity index (χ0n) is 70.2. The van der Waals surface area contributed by atoms with Crippen LogP contribution in [0, 0.1) is 61.2 Å². The molecule has 0 radical (unpaired) electrons. The second kappa shape index (κ2) is 34.5. The average molecular weight is 1710 g/mol. The summed E-state index contributed by atoms with van der Waals surface area (Å²) in [4.78, 5) is 134. The largest absolute Gasteiger partial charge is 2.00 e. The van der Waals surface area contributed by atoms with Gasteiger partial charge in [0, 0.05) is 82.4 Å². The second-order valence-electron chi connectivity index (χ2n) is 30.6. The molecule has 614 valence electrons. The topological polar surface area (TPSA) is 259 Å².